The zero-order valence-electron chi connectivity index (χ0n) is 13.8. The Morgan fingerprint density at radius 3 is 2.45 bits per heavy atom. The van der Waals surface area contributed by atoms with Crippen LogP contribution in [0.4, 0.5) is 0 Å². The molecule has 0 saturated carbocycles. The highest BCUT2D eigenvalue weighted by Gasteiger charge is 2.30. The molecule has 2 atom stereocenters. The molecule has 5 heteroatoms. The summed E-state index contributed by atoms with van der Waals surface area (Å²) in [5.41, 5.74) is 0.199. The first-order valence-corrected chi connectivity index (χ1v) is 9.65. The molecule has 0 aromatic heterocycles. The molecule has 1 heterocycles. The van der Waals surface area contributed by atoms with Crippen molar-refractivity contribution < 1.29 is 8.42 Å². The van der Waals surface area contributed by atoms with Crippen LogP contribution in [0.3, 0.4) is 0 Å². The van der Waals surface area contributed by atoms with Crippen molar-refractivity contribution >= 4 is 9.84 Å². The Kier molecular flexibility index (Phi) is 6.48. The van der Waals surface area contributed by atoms with E-state index in [0.29, 0.717) is 36.6 Å². The summed E-state index contributed by atoms with van der Waals surface area (Å²) in [7, 11) is -2.88. The number of hydrogen-bond acceptors (Lipinski definition) is 4. The molecule has 4 nitrogen and oxygen atoms in total. The third-order valence-corrected chi connectivity index (χ3v) is 6.08. The Hall–Kier alpha value is -0.130. The Morgan fingerprint density at radius 2 is 1.90 bits per heavy atom. The molecular formula is C15H32N2O2S. The molecule has 1 saturated heterocycles. The van der Waals surface area contributed by atoms with Gasteiger partial charge in [0.1, 0.15) is 0 Å². The number of nitrogens with zero attached hydrogens (tertiary/aromatic N) is 1. The van der Waals surface area contributed by atoms with Gasteiger partial charge in [-0.3, -0.25) is 4.90 Å². The monoisotopic (exact) mass is 304 g/mol. The van der Waals surface area contributed by atoms with Crippen LogP contribution in [0.2, 0.25) is 0 Å². The quantitative estimate of drug-likeness (QED) is 0.843. The second-order valence-electron chi connectivity index (χ2n) is 7.16. The van der Waals surface area contributed by atoms with Crippen molar-refractivity contribution in [1.82, 2.24) is 10.2 Å². The van der Waals surface area contributed by atoms with Crippen LogP contribution in [0.25, 0.3) is 0 Å². The van der Waals surface area contributed by atoms with Crippen LogP contribution in [-0.2, 0) is 9.84 Å². The van der Waals surface area contributed by atoms with Crippen LogP contribution >= 0.6 is 0 Å². The molecule has 120 valence electrons. The molecule has 0 aliphatic carbocycles. The average molecular weight is 305 g/mol. The van der Waals surface area contributed by atoms with Crippen molar-refractivity contribution in [1.29, 1.82) is 0 Å². The lowest BCUT2D eigenvalue weighted by Gasteiger charge is -2.35. The molecule has 0 aromatic rings. The van der Waals surface area contributed by atoms with E-state index in [-0.39, 0.29) is 5.41 Å². The first-order valence-electron chi connectivity index (χ1n) is 7.83. The smallest absolute Gasteiger partial charge is 0.151 e. The van der Waals surface area contributed by atoms with Gasteiger partial charge in [0.25, 0.3) is 0 Å². The minimum absolute atomic E-state index is 0.199. The van der Waals surface area contributed by atoms with Gasteiger partial charge in [0.15, 0.2) is 9.84 Å². The molecule has 2 unspecified atom stereocenters. The fourth-order valence-electron chi connectivity index (χ4n) is 2.69. The first kappa shape index (κ1) is 17.9. The van der Waals surface area contributed by atoms with Gasteiger partial charge >= 0.3 is 0 Å². The first-order chi connectivity index (χ1) is 9.15. The Bertz CT molecular complexity index is 387. The lowest BCUT2D eigenvalue weighted by molar-refractivity contribution is 0.172. The largest absolute Gasteiger partial charge is 0.312 e. The van der Waals surface area contributed by atoms with E-state index in [1.807, 2.05) is 6.92 Å². The maximum Gasteiger partial charge on any atom is 0.151 e. The van der Waals surface area contributed by atoms with Gasteiger partial charge in [-0.25, -0.2) is 8.42 Å². The summed E-state index contributed by atoms with van der Waals surface area (Å²) in [6.45, 7) is 13.5. The normalized spacial score (nSPS) is 26.4. The predicted octanol–water partition coefficient (Wildman–Crippen LogP) is 1.91. The van der Waals surface area contributed by atoms with E-state index in [1.54, 1.807) is 0 Å². The molecular weight excluding hydrogens is 272 g/mol. The Balaban J connectivity index is 2.65. The van der Waals surface area contributed by atoms with Gasteiger partial charge < -0.3 is 5.32 Å². The number of rotatable bonds is 5. The highest BCUT2D eigenvalue weighted by Crippen LogP contribution is 2.23. The van der Waals surface area contributed by atoms with Gasteiger partial charge in [-0.2, -0.15) is 0 Å². The molecule has 0 spiro atoms. The zero-order chi connectivity index (χ0) is 15.4. The van der Waals surface area contributed by atoms with Crippen LogP contribution in [0.5, 0.6) is 0 Å². The van der Waals surface area contributed by atoms with Crippen molar-refractivity contribution in [3.8, 4) is 0 Å². The molecule has 0 radical (unpaired) electrons. The van der Waals surface area contributed by atoms with Crippen molar-refractivity contribution in [2.75, 3.05) is 31.1 Å². The molecule has 0 aromatic carbocycles. The van der Waals surface area contributed by atoms with E-state index >= 15 is 0 Å². The van der Waals surface area contributed by atoms with Gasteiger partial charge in [-0.05, 0) is 31.7 Å². The van der Waals surface area contributed by atoms with Crippen LogP contribution < -0.4 is 5.32 Å². The molecule has 1 aliphatic heterocycles. The summed E-state index contributed by atoms with van der Waals surface area (Å²) >= 11 is 0. The second-order valence-corrected chi connectivity index (χ2v) is 9.46. The number of nitrogens with one attached hydrogen (secondary N) is 1. The van der Waals surface area contributed by atoms with E-state index in [0.717, 1.165) is 19.5 Å². The van der Waals surface area contributed by atoms with Crippen LogP contribution in [-0.4, -0.2) is 56.5 Å². The summed E-state index contributed by atoms with van der Waals surface area (Å²) in [4.78, 5) is 2.35. The van der Waals surface area contributed by atoms with Gasteiger partial charge in [0, 0.05) is 30.9 Å². The third kappa shape index (κ3) is 5.70. The fourth-order valence-corrected chi connectivity index (χ4v) is 4.03. The standard InChI is InChI=1S/C15H32N2O2S/c1-6-10-20(18,19)11-9-17-12-14(15(3,4)5)16-8-7-13(17)2/h13-14,16H,6-12H2,1-5H3. The lowest BCUT2D eigenvalue weighted by atomic mass is 9.86. The summed E-state index contributed by atoms with van der Waals surface area (Å²) in [6, 6.07) is 0.869. The van der Waals surface area contributed by atoms with Crippen molar-refractivity contribution in [2.24, 2.45) is 5.41 Å². The molecule has 1 rings (SSSR count). The minimum atomic E-state index is -2.88. The van der Waals surface area contributed by atoms with Crippen molar-refractivity contribution in [3.05, 3.63) is 0 Å². The lowest BCUT2D eigenvalue weighted by Crippen LogP contribution is -2.48. The van der Waals surface area contributed by atoms with E-state index in [1.165, 1.54) is 0 Å². The van der Waals surface area contributed by atoms with E-state index in [2.05, 4.69) is 37.9 Å². The van der Waals surface area contributed by atoms with E-state index in [4.69, 9.17) is 0 Å². The van der Waals surface area contributed by atoms with Crippen LogP contribution in [0.1, 0.15) is 47.5 Å². The van der Waals surface area contributed by atoms with Gasteiger partial charge in [-0.15, -0.1) is 0 Å². The topological polar surface area (TPSA) is 49.4 Å². The minimum Gasteiger partial charge on any atom is -0.312 e. The molecule has 1 aliphatic rings. The van der Waals surface area contributed by atoms with Gasteiger partial charge in [0.05, 0.1) is 5.75 Å². The average Bonchev–Trinajstić information content (AvgIpc) is 2.48. The van der Waals surface area contributed by atoms with Crippen LogP contribution in [0, 0.1) is 5.41 Å². The fraction of sp³-hybridized carbons (Fsp3) is 1.00. The van der Waals surface area contributed by atoms with Gasteiger partial charge in [-0.1, -0.05) is 27.7 Å². The highest BCUT2D eigenvalue weighted by molar-refractivity contribution is 7.91. The van der Waals surface area contributed by atoms with Crippen molar-refractivity contribution in [2.45, 2.75) is 59.5 Å². The summed E-state index contributed by atoms with van der Waals surface area (Å²) < 4.78 is 23.8. The second kappa shape index (κ2) is 7.23. The summed E-state index contributed by atoms with van der Waals surface area (Å²) in [6.07, 6.45) is 1.80. The van der Waals surface area contributed by atoms with Crippen molar-refractivity contribution in [3.63, 3.8) is 0 Å². The molecule has 0 amide bonds. The number of hydrogen-bond donors (Lipinski definition) is 1. The molecule has 20 heavy (non-hydrogen) atoms. The third-order valence-electron chi connectivity index (χ3n) is 4.24. The number of sulfone groups is 1. The Labute approximate surface area is 125 Å². The zero-order valence-corrected chi connectivity index (χ0v) is 14.6. The molecule has 1 fully saturated rings. The van der Waals surface area contributed by atoms with E-state index in [9.17, 15) is 8.42 Å². The molecule has 0 bridgehead atoms. The van der Waals surface area contributed by atoms with Crippen LogP contribution in [0.15, 0.2) is 0 Å². The maximum atomic E-state index is 11.9. The Morgan fingerprint density at radius 1 is 1.25 bits per heavy atom. The summed E-state index contributed by atoms with van der Waals surface area (Å²) in [5, 5.41) is 3.61. The van der Waals surface area contributed by atoms with Gasteiger partial charge in [0.2, 0.25) is 0 Å². The summed E-state index contributed by atoms with van der Waals surface area (Å²) in [5.74, 6) is 0.609. The maximum absolute atomic E-state index is 11.9. The highest BCUT2D eigenvalue weighted by atomic mass is 32.2. The molecule has 1 N–H and O–H groups in total. The van der Waals surface area contributed by atoms with E-state index < -0.39 is 9.84 Å². The predicted molar refractivity (Wildman–Crippen MR) is 85.8 cm³/mol. The SMILES string of the molecule is CCCS(=O)(=O)CCN1CC(C(C)(C)C)NCCC1C.